The van der Waals surface area contributed by atoms with Crippen molar-refractivity contribution in [2.45, 2.75) is 32.6 Å². The Bertz CT molecular complexity index is 406. The van der Waals surface area contributed by atoms with Crippen LogP contribution in [0.15, 0.2) is 42.6 Å². The molecule has 0 bridgehead atoms. The summed E-state index contributed by atoms with van der Waals surface area (Å²) in [6.07, 6.45) is 13.6. The van der Waals surface area contributed by atoms with E-state index in [1.165, 1.54) is 31.4 Å². The van der Waals surface area contributed by atoms with Crippen molar-refractivity contribution in [1.29, 1.82) is 0 Å². The van der Waals surface area contributed by atoms with Crippen LogP contribution in [0.1, 0.15) is 38.3 Å². The molecule has 0 amide bonds. The van der Waals surface area contributed by atoms with E-state index < -0.39 is 0 Å². The normalized spacial score (nSPS) is 14.7. The molecule has 0 atom stereocenters. The van der Waals surface area contributed by atoms with Crippen LogP contribution in [0.5, 0.6) is 0 Å². The first-order valence-corrected chi connectivity index (χ1v) is 6.95. The zero-order chi connectivity index (χ0) is 12.6. The quantitative estimate of drug-likeness (QED) is 0.704. The molecule has 0 spiro atoms. The Labute approximate surface area is 110 Å². The first kappa shape index (κ1) is 12.9. The number of pyridine rings is 1. The van der Waals surface area contributed by atoms with E-state index in [9.17, 15) is 0 Å². The summed E-state index contributed by atoms with van der Waals surface area (Å²) >= 11 is 0. The van der Waals surface area contributed by atoms with Gasteiger partial charge in [0.2, 0.25) is 0 Å². The van der Waals surface area contributed by atoms with Gasteiger partial charge in [-0.3, -0.25) is 4.98 Å². The lowest BCUT2D eigenvalue weighted by atomic mass is 10.1. The van der Waals surface area contributed by atoms with Gasteiger partial charge in [-0.1, -0.05) is 44.4 Å². The third-order valence-electron chi connectivity index (χ3n) is 3.27. The van der Waals surface area contributed by atoms with E-state index in [0.29, 0.717) is 0 Å². The van der Waals surface area contributed by atoms with Gasteiger partial charge >= 0.3 is 0 Å². The maximum Gasteiger partial charge on any atom is 0.0863 e. The zero-order valence-electron chi connectivity index (χ0n) is 11.2. The topological polar surface area (TPSA) is 16.1 Å². The lowest BCUT2D eigenvalue weighted by molar-refractivity contribution is 0.413. The predicted octanol–water partition coefficient (Wildman–Crippen LogP) is 3.87. The standard InChI is InChI=1S/C16H22N2/c1-2-3-4-8-13-18-14-9-6-11-16(18)15-10-5-7-12-17-15/h5-7,9-12H,2-4,8,13-14H2,1H3. The summed E-state index contributed by atoms with van der Waals surface area (Å²) in [5, 5.41) is 0. The van der Waals surface area contributed by atoms with Crippen LogP contribution in [-0.4, -0.2) is 23.0 Å². The minimum Gasteiger partial charge on any atom is -0.366 e. The Kier molecular flexibility index (Phi) is 5.00. The Morgan fingerprint density at radius 2 is 2.17 bits per heavy atom. The van der Waals surface area contributed by atoms with Crippen LogP contribution in [0.2, 0.25) is 0 Å². The third-order valence-corrected chi connectivity index (χ3v) is 3.27. The number of unbranched alkanes of at least 4 members (excludes halogenated alkanes) is 3. The molecule has 2 rings (SSSR count). The van der Waals surface area contributed by atoms with Crippen LogP contribution in [0.3, 0.4) is 0 Å². The van der Waals surface area contributed by atoms with Gasteiger partial charge < -0.3 is 4.90 Å². The van der Waals surface area contributed by atoms with Gasteiger partial charge in [-0.05, 0) is 24.6 Å². The lowest BCUT2D eigenvalue weighted by Crippen LogP contribution is -2.25. The summed E-state index contributed by atoms with van der Waals surface area (Å²) in [6.45, 7) is 4.39. The summed E-state index contributed by atoms with van der Waals surface area (Å²) in [7, 11) is 0. The number of hydrogen-bond donors (Lipinski definition) is 0. The average molecular weight is 242 g/mol. The van der Waals surface area contributed by atoms with Crippen LogP contribution in [0.4, 0.5) is 0 Å². The van der Waals surface area contributed by atoms with Crippen molar-refractivity contribution in [2.75, 3.05) is 13.1 Å². The molecule has 2 heterocycles. The fourth-order valence-corrected chi connectivity index (χ4v) is 2.25. The highest BCUT2D eigenvalue weighted by atomic mass is 15.1. The second-order valence-electron chi connectivity index (χ2n) is 4.70. The van der Waals surface area contributed by atoms with Gasteiger partial charge in [0.05, 0.1) is 11.4 Å². The van der Waals surface area contributed by atoms with E-state index in [2.05, 4.69) is 47.2 Å². The van der Waals surface area contributed by atoms with Gasteiger partial charge in [-0.2, -0.15) is 0 Å². The molecular formula is C16H22N2. The van der Waals surface area contributed by atoms with Crippen LogP contribution in [-0.2, 0) is 0 Å². The van der Waals surface area contributed by atoms with Crippen molar-refractivity contribution < 1.29 is 0 Å². The van der Waals surface area contributed by atoms with Crippen molar-refractivity contribution >= 4 is 5.70 Å². The Morgan fingerprint density at radius 1 is 1.22 bits per heavy atom. The Morgan fingerprint density at radius 3 is 2.94 bits per heavy atom. The van der Waals surface area contributed by atoms with Gasteiger partial charge in [0.25, 0.3) is 0 Å². The molecule has 0 unspecified atom stereocenters. The Hall–Kier alpha value is -1.57. The van der Waals surface area contributed by atoms with Gasteiger partial charge in [0, 0.05) is 19.3 Å². The van der Waals surface area contributed by atoms with Gasteiger partial charge in [0.15, 0.2) is 0 Å². The van der Waals surface area contributed by atoms with Crippen molar-refractivity contribution in [3.63, 3.8) is 0 Å². The van der Waals surface area contributed by atoms with Crippen LogP contribution < -0.4 is 0 Å². The average Bonchev–Trinajstić information content (AvgIpc) is 2.45. The molecule has 1 aliphatic heterocycles. The second-order valence-corrected chi connectivity index (χ2v) is 4.70. The van der Waals surface area contributed by atoms with Crippen molar-refractivity contribution in [3.05, 3.63) is 48.3 Å². The second kappa shape index (κ2) is 7.00. The minimum absolute atomic E-state index is 1.01. The SMILES string of the molecule is CCCCCCN1CC=CC=C1c1ccccn1. The summed E-state index contributed by atoms with van der Waals surface area (Å²) < 4.78 is 0. The highest BCUT2D eigenvalue weighted by Gasteiger charge is 2.12. The molecule has 1 aromatic heterocycles. The van der Waals surface area contributed by atoms with Crippen molar-refractivity contribution in [3.8, 4) is 0 Å². The number of allylic oxidation sites excluding steroid dienone is 2. The molecule has 0 N–H and O–H groups in total. The maximum absolute atomic E-state index is 4.45. The first-order valence-electron chi connectivity index (χ1n) is 6.95. The van der Waals surface area contributed by atoms with Gasteiger partial charge in [0.1, 0.15) is 0 Å². The van der Waals surface area contributed by atoms with E-state index in [-0.39, 0.29) is 0 Å². The molecule has 2 heteroatoms. The Balaban J connectivity index is 1.98. The summed E-state index contributed by atoms with van der Waals surface area (Å²) in [5.74, 6) is 0. The molecule has 0 fully saturated rings. The molecule has 0 radical (unpaired) electrons. The van der Waals surface area contributed by atoms with Crippen LogP contribution >= 0.6 is 0 Å². The first-order chi connectivity index (χ1) is 8.92. The van der Waals surface area contributed by atoms with Gasteiger partial charge in [-0.15, -0.1) is 0 Å². The van der Waals surface area contributed by atoms with Crippen LogP contribution in [0.25, 0.3) is 5.70 Å². The highest BCUT2D eigenvalue weighted by molar-refractivity contribution is 5.63. The summed E-state index contributed by atoms with van der Waals surface area (Å²) in [6, 6.07) is 6.11. The monoisotopic (exact) mass is 242 g/mol. The van der Waals surface area contributed by atoms with E-state index in [0.717, 1.165) is 18.8 Å². The van der Waals surface area contributed by atoms with E-state index in [4.69, 9.17) is 0 Å². The van der Waals surface area contributed by atoms with Crippen LogP contribution in [0, 0.1) is 0 Å². The summed E-state index contributed by atoms with van der Waals surface area (Å²) in [4.78, 5) is 6.88. The zero-order valence-corrected chi connectivity index (χ0v) is 11.2. The fourth-order valence-electron chi connectivity index (χ4n) is 2.25. The molecule has 0 saturated carbocycles. The predicted molar refractivity (Wildman–Crippen MR) is 77.1 cm³/mol. The minimum atomic E-state index is 1.01. The number of rotatable bonds is 6. The molecule has 0 saturated heterocycles. The number of hydrogen-bond acceptors (Lipinski definition) is 2. The molecule has 1 aromatic rings. The molecule has 0 aromatic carbocycles. The smallest absolute Gasteiger partial charge is 0.0863 e. The fraction of sp³-hybridized carbons (Fsp3) is 0.438. The molecule has 0 aliphatic carbocycles. The molecule has 18 heavy (non-hydrogen) atoms. The third kappa shape index (κ3) is 3.46. The van der Waals surface area contributed by atoms with E-state index >= 15 is 0 Å². The largest absolute Gasteiger partial charge is 0.366 e. The van der Waals surface area contributed by atoms with Crippen molar-refractivity contribution in [1.82, 2.24) is 9.88 Å². The molecular weight excluding hydrogens is 220 g/mol. The molecule has 96 valence electrons. The molecule has 2 nitrogen and oxygen atoms in total. The van der Waals surface area contributed by atoms with E-state index in [1.807, 2.05) is 12.3 Å². The molecule has 1 aliphatic rings. The number of nitrogens with zero attached hydrogens (tertiary/aromatic N) is 2. The lowest BCUT2D eigenvalue weighted by Gasteiger charge is -2.27. The summed E-state index contributed by atoms with van der Waals surface area (Å²) in [5.41, 5.74) is 2.34. The van der Waals surface area contributed by atoms with Gasteiger partial charge in [-0.25, -0.2) is 0 Å². The maximum atomic E-state index is 4.45. The highest BCUT2D eigenvalue weighted by Crippen LogP contribution is 2.20. The number of aromatic nitrogens is 1. The van der Waals surface area contributed by atoms with Crippen molar-refractivity contribution in [2.24, 2.45) is 0 Å². The van der Waals surface area contributed by atoms with E-state index in [1.54, 1.807) is 0 Å².